The number of aryl methyl sites for hydroxylation is 1. The number of fused-ring (bicyclic) bond motifs is 1. The molecule has 7 nitrogen and oxygen atoms in total. The second-order valence-corrected chi connectivity index (χ2v) is 9.37. The van der Waals surface area contributed by atoms with E-state index in [0.717, 1.165) is 32.1 Å². The number of rotatable bonds is 4. The average Bonchev–Trinajstić information content (AvgIpc) is 2.87. The van der Waals surface area contributed by atoms with Crippen molar-refractivity contribution >= 4 is 60.5 Å². The molecule has 3 aromatic rings. The molecule has 0 aliphatic carbocycles. The van der Waals surface area contributed by atoms with Crippen LogP contribution in [0, 0.1) is 0 Å². The molecule has 0 fully saturated rings. The van der Waals surface area contributed by atoms with Gasteiger partial charge in [0.05, 0.1) is 32.7 Å². The SMILES string of the molecule is CN(c1ccc(C(=O)Nc2ccc3c(c2)sc(=O)n3C)c(Cl)c1)S(C)(=O)=O. The lowest BCUT2D eigenvalue weighted by molar-refractivity contribution is 0.102. The minimum absolute atomic E-state index is 0.0814. The largest absolute Gasteiger partial charge is 0.322 e. The molecule has 10 heteroatoms. The molecule has 1 amide bonds. The van der Waals surface area contributed by atoms with Crippen LogP contribution in [0.5, 0.6) is 0 Å². The summed E-state index contributed by atoms with van der Waals surface area (Å²) in [5, 5.41) is 2.87. The van der Waals surface area contributed by atoms with Crippen molar-refractivity contribution in [2.24, 2.45) is 7.05 Å². The van der Waals surface area contributed by atoms with Crippen LogP contribution in [-0.4, -0.2) is 32.2 Å². The Morgan fingerprint density at radius 1 is 1.22 bits per heavy atom. The maximum Gasteiger partial charge on any atom is 0.307 e. The Labute approximate surface area is 164 Å². The maximum absolute atomic E-state index is 12.5. The lowest BCUT2D eigenvalue weighted by atomic mass is 10.2. The number of aromatic nitrogens is 1. The van der Waals surface area contributed by atoms with E-state index in [1.54, 1.807) is 29.8 Å². The molecule has 0 aliphatic rings. The third kappa shape index (κ3) is 3.85. The van der Waals surface area contributed by atoms with E-state index in [9.17, 15) is 18.0 Å². The first kappa shape index (κ1) is 19.4. The number of carbonyl (C=O) groups excluding carboxylic acids is 1. The van der Waals surface area contributed by atoms with Gasteiger partial charge in [0.25, 0.3) is 5.91 Å². The van der Waals surface area contributed by atoms with Crippen molar-refractivity contribution in [3.8, 4) is 0 Å². The molecule has 0 spiro atoms. The van der Waals surface area contributed by atoms with Gasteiger partial charge >= 0.3 is 4.87 Å². The van der Waals surface area contributed by atoms with Gasteiger partial charge < -0.3 is 9.88 Å². The number of hydrogen-bond donors (Lipinski definition) is 1. The third-order valence-electron chi connectivity index (χ3n) is 4.11. The Balaban J connectivity index is 1.87. The number of carbonyl (C=O) groups is 1. The number of anilines is 2. The van der Waals surface area contributed by atoms with Crippen LogP contribution in [0.2, 0.25) is 5.02 Å². The van der Waals surface area contributed by atoms with Crippen molar-refractivity contribution in [1.29, 1.82) is 0 Å². The highest BCUT2D eigenvalue weighted by molar-refractivity contribution is 7.92. The summed E-state index contributed by atoms with van der Waals surface area (Å²) < 4.78 is 26.6. The molecule has 1 aromatic heterocycles. The minimum atomic E-state index is -3.43. The third-order valence-corrected chi connectivity index (χ3v) is 6.62. The van der Waals surface area contributed by atoms with Crippen molar-refractivity contribution in [3.05, 3.63) is 56.7 Å². The fourth-order valence-corrected chi connectivity index (χ4v) is 4.16. The van der Waals surface area contributed by atoms with Crippen molar-refractivity contribution < 1.29 is 13.2 Å². The average molecular weight is 426 g/mol. The summed E-state index contributed by atoms with van der Waals surface area (Å²) >= 11 is 7.27. The van der Waals surface area contributed by atoms with Gasteiger partial charge in [0.2, 0.25) is 10.0 Å². The standard InChI is InChI=1S/C17H16ClN3O4S2/c1-20-14-7-4-10(8-15(14)26-17(20)23)19-16(22)12-6-5-11(9-13(12)18)21(2)27(3,24)25/h4-9H,1-3H3,(H,19,22). The molecule has 0 saturated heterocycles. The van der Waals surface area contributed by atoms with Gasteiger partial charge in [0.1, 0.15) is 0 Å². The van der Waals surface area contributed by atoms with Crippen LogP contribution in [0.15, 0.2) is 41.2 Å². The van der Waals surface area contributed by atoms with Crippen LogP contribution >= 0.6 is 22.9 Å². The van der Waals surface area contributed by atoms with E-state index < -0.39 is 15.9 Å². The van der Waals surface area contributed by atoms with E-state index in [2.05, 4.69) is 5.32 Å². The smallest absolute Gasteiger partial charge is 0.307 e. The minimum Gasteiger partial charge on any atom is -0.322 e. The highest BCUT2D eigenvalue weighted by atomic mass is 35.5. The van der Waals surface area contributed by atoms with Gasteiger partial charge in [-0.1, -0.05) is 22.9 Å². The number of sulfonamides is 1. The van der Waals surface area contributed by atoms with Crippen molar-refractivity contribution in [2.45, 2.75) is 0 Å². The summed E-state index contributed by atoms with van der Waals surface area (Å²) in [5.41, 5.74) is 1.88. The molecule has 0 saturated carbocycles. The number of thiazole rings is 1. The number of hydrogen-bond acceptors (Lipinski definition) is 5. The van der Waals surface area contributed by atoms with Gasteiger partial charge in [-0.15, -0.1) is 0 Å². The molecule has 2 aromatic carbocycles. The molecule has 0 unspecified atom stereocenters. The Kier molecular flexibility index (Phi) is 5.02. The van der Waals surface area contributed by atoms with Gasteiger partial charge in [-0.3, -0.25) is 13.9 Å². The van der Waals surface area contributed by atoms with Crippen LogP contribution < -0.4 is 14.5 Å². The number of amides is 1. The zero-order valence-electron chi connectivity index (χ0n) is 14.7. The van der Waals surface area contributed by atoms with Crippen molar-refractivity contribution in [2.75, 3.05) is 22.9 Å². The fourth-order valence-electron chi connectivity index (χ4n) is 2.49. The van der Waals surface area contributed by atoms with Crippen LogP contribution in [0.25, 0.3) is 10.2 Å². The van der Waals surface area contributed by atoms with Crippen LogP contribution in [-0.2, 0) is 17.1 Å². The van der Waals surface area contributed by atoms with Crippen LogP contribution in [0.3, 0.4) is 0 Å². The maximum atomic E-state index is 12.5. The zero-order valence-corrected chi connectivity index (χ0v) is 17.1. The summed E-state index contributed by atoms with van der Waals surface area (Å²) in [6.45, 7) is 0. The second-order valence-electron chi connectivity index (χ2n) is 5.96. The molecule has 1 heterocycles. The molecule has 27 heavy (non-hydrogen) atoms. The molecule has 0 atom stereocenters. The Bertz CT molecular complexity index is 1210. The number of halogens is 1. The normalized spacial score (nSPS) is 11.6. The Hall–Kier alpha value is -2.36. The Morgan fingerprint density at radius 3 is 2.56 bits per heavy atom. The van der Waals surface area contributed by atoms with E-state index in [1.165, 1.54) is 25.2 Å². The number of nitrogens with zero attached hydrogens (tertiary/aromatic N) is 2. The van der Waals surface area contributed by atoms with E-state index in [4.69, 9.17) is 11.6 Å². The molecular weight excluding hydrogens is 410 g/mol. The Morgan fingerprint density at radius 2 is 1.93 bits per heavy atom. The molecule has 3 rings (SSSR count). The van der Waals surface area contributed by atoms with Crippen molar-refractivity contribution in [1.82, 2.24) is 4.57 Å². The highest BCUT2D eigenvalue weighted by Crippen LogP contribution is 2.26. The first-order valence-corrected chi connectivity index (χ1v) is 10.8. The monoisotopic (exact) mass is 425 g/mol. The molecular formula is C17H16ClN3O4S2. The van der Waals surface area contributed by atoms with Gasteiger partial charge in [0.15, 0.2) is 0 Å². The summed E-state index contributed by atoms with van der Waals surface area (Å²) in [5.74, 6) is -0.434. The molecule has 0 radical (unpaired) electrons. The van der Waals surface area contributed by atoms with E-state index in [0.29, 0.717) is 11.4 Å². The van der Waals surface area contributed by atoms with Gasteiger partial charge in [0, 0.05) is 19.8 Å². The topological polar surface area (TPSA) is 88.5 Å². The van der Waals surface area contributed by atoms with Crippen molar-refractivity contribution in [3.63, 3.8) is 0 Å². The van der Waals surface area contributed by atoms with Crippen LogP contribution in [0.1, 0.15) is 10.4 Å². The zero-order chi connectivity index (χ0) is 19.9. The lowest BCUT2D eigenvalue weighted by Gasteiger charge is -2.17. The highest BCUT2D eigenvalue weighted by Gasteiger charge is 2.16. The van der Waals surface area contributed by atoms with E-state index >= 15 is 0 Å². The molecule has 0 aliphatic heterocycles. The summed E-state index contributed by atoms with van der Waals surface area (Å²) in [4.78, 5) is 24.2. The predicted octanol–water partition coefficient (Wildman–Crippen LogP) is 2.90. The summed E-state index contributed by atoms with van der Waals surface area (Å²) in [7, 11) is -0.336. The lowest BCUT2D eigenvalue weighted by Crippen LogP contribution is -2.25. The summed E-state index contributed by atoms with van der Waals surface area (Å²) in [6, 6.07) is 9.57. The quantitative estimate of drug-likeness (QED) is 0.696. The number of nitrogens with one attached hydrogen (secondary N) is 1. The van der Waals surface area contributed by atoms with Gasteiger partial charge in [-0.2, -0.15) is 0 Å². The number of benzene rings is 2. The first-order valence-electron chi connectivity index (χ1n) is 7.72. The van der Waals surface area contributed by atoms with Gasteiger partial charge in [-0.05, 0) is 36.4 Å². The summed E-state index contributed by atoms with van der Waals surface area (Å²) in [6.07, 6.45) is 1.08. The van der Waals surface area contributed by atoms with Gasteiger partial charge in [-0.25, -0.2) is 8.42 Å². The van der Waals surface area contributed by atoms with E-state index in [1.807, 2.05) is 0 Å². The predicted molar refractivity (Wildman–Crippen MR) is 110 cm³/mol. The molecule has 1 N–H and O–H groups in total. The first-order chi connectivity index (χ1) is 12.6. The van der Waals surface area contributed by atoms with Crippen LogP contribution in [0.4, 0.5) is 11.4 Å². The van der Waals surface area contributed by atoms with E-state index in [-0.39, 0.29) is 15.5 Å². The fraction of sp³-hybridized carbons (Fsp3) is 0.176. The second kappa shape index (κ2) is 6.99. The molecule has 0 bridgehead atoms. The molecule has 142 valence electrons.